The smallest absolute Gasteiger partial charge is 0.416 e. The molecule has 4 aromatic rings. The third kappa shape index (κ3) is 5.94. The van der Waals surface area contributed by atoms with Crippen LogP contribution in [0.4, 0.5) is 19.0 Å². The number of nitrogens with zero attached hydrogens (tertiary/aromatic N) is 4. The number of aromatic nitrogens is 2. The van der Waals surface area contributed by atoms with Gasteiger partial charge in [0.15, 0.2) is 0 Å². The van der Waals surface area contributed by atoms with Crippen LogP contribution in [-0.4, -0.2) is 58.9 Å². The molecule has 0 spiro atoms. The van der Waals surface area contributed by atoms with Crippen LogP contribution in [0.2, 0.25) is 0 Å². The first-order chi connectivity index (χ1) is 18.6. The van der Waals surface area contributed by atoms with Crippen molar-refractivity contribution in [2.24, 2.45) is 5.73 Å². The lowest BCUT2D eigenvalue weighted by atomic mass is 9.93. The highest BCUT2D eigenvalue weighted by molar-refractivity contribution is 6.08. The Bertz CT molecular complexity index is 1530. The number of fused-ring (bicyclic) bond motifs is 1. The molecule has 1 aromatic heterocycles. The molecule has 0 atom stereocenters. The zero-order valence-corrected chi connectivity index (χ0v) is 21.2. The molecule has 3 aromatic carbocycles. The Morgan fingerprint density at radius 2 is 1.74 bits per heavy atom. The minimum absolute atomic E-state index is 0.190. The highest BCUT2D eigenvalue weighted by atomic mass is 19.4. The number of nitrogen functional groups attached to an aromatic ring is 1. The van der Waals surface area contributed by atoms with Gasteiger partial charge in [0, 0.05) is 44.4 Å². The van der Waals surface area contributed by atoms with Gasteiger partial charge in [0.2, 0.25) is 11.8 Å². The van der Waals surface area contributed by atoms with Gasteiger partial charge in [-0.25, -0.2) is 9.97 Å². The number of halogens is 3. The van der Waals surface area contributed by atoms with E-state index in [-0.39, 0.29) is 29.4 Å². The summed E-state index contributed by atoms with van der Waals surface area (Å²) in [6.07, 6.45) is -3.28. The standard InChI is InChI=1S/C28H27F3N6O2/c1-36-6-8-37(9-7-36)15-18-3-2-17(13-24(18)28(29,30)31)19-10-20-11-21(39-26-14-25(32)34-16-35-26)4-5-22(20)23(12-19)27(33)38/h2-5,10-14,16H,6-9,15H2,1H3,(H2,33,38)(H2,32,34,35). The lowest BCUT2D eigenvalue weighted by molar-refractivity contribution is -0.138. The maximum atomic E-state index is 14.2. The molecule has 8 nitrogen and oxygen atoms in total. The number of benzene rings is 3. The number of ether oxygens (including phenoxy) is 1. The maximum Gasteiger partial charge on any atom is 0.416 e. The number of piperazine rings is 1. The Balaban J connectivity index is 1.54. The van der Waals surface area contributed by atoms with Crippen LogP contribution in [0, 0.1) is 0 Å². The van der Waals surface area contributed by atoms with E-state index in [0.717, 1.165) is 19.2 Å². The number of anilines is 1. The summed E-state index contributed by atoms with van der Waals surface area (Å²) in [5.74, 6) is 0.156. The molecule has 0 bridgehead atoms. The van der Waals surface area contributed by atoms with Gasteiger partial charge in [0.1, 0.15) is 17.9 Å². The molecular formula is C28H27F3N6O2. The van der Waals surface area contributed by atoms with Crippen LogP contribution < -0.4 is 16.2 Å². The summed E-state index contributed by atoms with van der Waals surface area (Å²) in [4.78, 5) is 24.3. The second-order valence-electron chi connectivity index (χ2n) is 9.60. The van der Waals surface area contributed by atoms with E-state index in [0.29, 0.717) is 40.7 Å². The van der Waals surface area contributed by atoms with Crippen LogP contribution in [-0.2, 0) is 12.7 Å². The molecule has 1 amide bonds. The van der Waals surface area contributed by atoms with Crippen molar-refractivity contribution in [3.63, 3.8) is 0 Å². The van der Waals surface area contributed by atoms with Gasteiger partial charge in [-0.2, -0.15) is 13.2 Å². The molecule has 1 aliphatic rings. The Morgan fingerprint density at radius 1 is 0.974 bits per heavy atom. The third-order valence-electron chi connectivity index (χ3n) is 6.81. The van der Waals surface area contributed by atoms with Crippen molar-refractivity contribution in [1.29, 1.82) is 0 Å². The summed E-state index contributed by atoms with van der Waals surface area (Å²) < 4.78 is 48.3. The Labute approximate surface area is 223 Å². The van der Waals surface area contributed by atoms with Crippen molar-refractivity contribution in [1.82, 2.24) is 19.8 Å². The average molecular weight is 537 g/mol. The van der Waals surface area contributed by atoms with Gasteiger partial charge in [-0.1, -0.05) is 12.1 Å². The van der Waals surface area contributed by atoms with Gasteiger partial charge in [-0.15, -0.1) is 0 Å². The lowest BCUT2D eigenvalue weighted by Crippen LogP contribution is -2.44. The molecule has 39 heavy (non-hydrogen) atoms. The summed E-state index contributed by atoms with van der Waals surface area (Å²) in [7, 11) is 2.00. The van der Waals surface area contributed by atoms with Crippen molar-refractivity contribution in [2.75, 3.05) is 39.0 Å². The first kappa shape index (κ1) is 26.4. The molecule has 0 unspecified atom stereocenters. The van der Waals surface area contributed by atoms with Gasteiger partial charge in [-0.3, -0.25) is 9.69 Å². The number of nitrogens with two attached hydrogens (primary N) is 2. The van der Waals surface area contributed by atoms with E-state index in [2.05, 4.69) is 14.9 Å². The maximum absolute atomic E-state index is 14.2. The number of primary amides is 1. The van der Waals surface area contributed by atoms with E-state index < -0.39 is 17.6 Å². The highest BCUT2D eigenvalue weighted by Crippen LogP contribution is 2.37. The summed E-state index contributed by atoms with van der Waals surface area (Å²) in [6, 6.07) is 14.0. The van der Waals surface area contributed by atoms with E-state index in [9.17, 15) is 18.0 Å². The fourth-order valence-electron chi connectivity index (χ4n) is 4.72. The van der Waals surface area contributed by atoms with Crippen LogP contribution in [0.3, 0.4) is 0 Å². The topological polar surface area (TPSA) is 111 Å². The van der Waals surface area contributed by atoms with Crippen molar-refractivity contribution < 1.29 is 22.7 Å². The number of carbonyl (C=O) groups excluding carboxylic acids is 1. The van der Waals surface area contributed by atoms with Gasteiger partial charge in [-0.05, 0) is 70.9 Å². The number of hydrogen-bond donors (Lipinski definition) is 2. The quantitative estimate of drug-likeness (QED) is 0.372. The van der Waals surface area contributed by atoms with E-state index in [1.54, 1.807) is 30.3 Å². The van der Waals surface area contributed by atoms with Gasteiger partial charge >= 0.3 is 6.18 Å². The monoisotopic (exact) mass is 536 g/mol. The lowest BCUT2D eigenvalue weighted by Gasteiger charge is -2.33. The van der Waals surface area contributed by atoms with Crippen molar-refractivity contribution in [3.8, 4) is 22.8 Å². The van der Waals surface area contributed by atoms with Crippen molar-refractivity contribution in [2.45, 2.75) is 12.7 Å². The summed E-state index contributed by atoms with van der Waals surface area (Å²) >= 11 is 0. The number of carbonyl (C=O) groups is 1. The Kier molecular flexibility index (Phi) is 7.11. The molecule has 1 aliphatic heterocycles. The number of alkyl halides is 3. The van der Waals surface area contributed by atoms with E-state index >= 15 is 0 Å². The second-order valence-corrected chi connectivity index (χ2v) is 9.60. The molecule has 2 heterocycles. The van der Waals surface area contributed by atoms with Crippen LogP contribution >= 0.6 is 0 Å². The van der Waals surface area contributed by atoms with E-state index in [1.807, 2.05) is 11.9 Å². The summed E-state index contributed by atoms with van der Waals surface area (Å²) in [5.41, 5.74) is 11.8. The first-order valence-corrected chi connectivity index (χ1v) is 12.3. The fraction of sp³-hybridized carbons (Fsp3) is 0.250. The van der Waals surface area contributed by atoms with E-state index in [1.165, 1.54) is 24.5 Å². The predicted molar refractivity (Wildman–Crippen MR) is 142 cm³/mol. The highest BCUT2D eigenvalue weighted by Gasteiger charge is 2.34. The minimum atomic E-state index is -4.54. The fourth-order valence-corrected chi connectivity index (χ4v) is 4.72. The molecular weight excluding hydrogens is 509 g/mol. The van der Waals surface area contributed by atoms with Crippen molar-refractivity contribution in [3.05, 3.63) is 77.6 Å². The van der Waals surface area contributed by atoms with Crippen LogP contribution in [0.1, 0.15) is 21.5 Å². The number of rotatable bonds is 6. The average Bonchev–Trinajstić information content (AvgIpc) is 2.89. The molecule has 0 aliphatic carbocycles. The second kappa shape index (κ2) is 10.5. The zero-order chi connectivity index (χ0) is 27.7. The van der Waals surface area contributed by atoms with Crippen LogP contribution in [0.25, 0.3) is 21.9 Å². The molecule has 11 heteroatoms. The minimum Gasteiger partial charge on any atom is -0.439 e. The van der Waals surface area contributed by atoms with Crippen LogP contribution in [0.5, 0.6) is 11.6 Å². The SMILES string of the molecule is CN1CCN(Cc2ccc(-c3cc(C(N)=O)c4ccc(Oc5cc(N)ncn5)cc4c3)cc2C(F)(F)F)CC1. The number of amides is 1. The Hall–Kier alpha value is -4.22. The predicted octanol–water partition coefficient (Wildman–Crippen LogP) is 4.54. The zero-order valence-electron chi connectivity index (χ0n) is 21.2. The molecule has 0 saturated carbocycles. The van der Waals surface area contributed by atoms with Gasteiger partial charge in [0.25, 0.3) is 0 Å². The summed E-state index contributed by atoms with van der Waals surface area (Å²) in [6.45, 7) is 3.23. The largest absolute Gasteiger partial charge is 0.439 e. The molecule has 5 rings (SSSR count). The van der Waals surface area contributed by atoms with E-state index in [4.69, 9.17) is 16.2 Å². The Morgan fingerprint density at radius 3 is 2.44 bits per heavy atom. The van der Waals surface area contributed by atoms with Gasteiger partial charge in [0.05, 0.1) is 5.56 Å². The molecule has 202 valence electrons. The molecule has 4 N–H and O–H groups in total. The third-order valence-corrected chi connectivity index (χ3v) is 6.81. The molecule has 0 radical (unpaired) electrons. The van der Waals surface area contributed by atoms with Crippen LogP contribution in [0.15, 0.2) is 60.9 Å². The summed E-state index contributed by atoms with van der Waals surface area (Å²) in [5, 5.41) is 1.11. The first-order valence-electron chi connectivity index (χ1n) is 12.3. The molecule has 1 fully saturated rings. The number of hydrogen-bond acceptors (Lipinski definition) is 7. The van der Waals surface area contributed by atoms with Crippen molar-refractivity contribution >= 4 is 22.5 Å². The van der Waals surface area contributed by atoms with Gasteiger partial charge < -0.3 is 21.1 Å². The number of likely N-dealkylation sites (N-methyl/N-ethyl adjacent to an activating group) is 1. The normalized spacial score (nSPS) is 15.0. The molecule has 1 saturated heterocycles.